The van der Waals surface area contributed by atoms with Crippen molar-refractivity contribution >= 4 is 16.0 Å². The van der Waals surface area contributed by atoms with Crippen LogP contribution in [-0.2, 0) is 14.8 Å². The van der Waals surface area contributed by atoms with Crippen LogP contribution < -0.4 is 4.72 Å². The Hall–Kier alpha value is -1.47. The van der Waals surface area contributed by atoms with Gasteiger partial charge in [0.1, 0.15) is 10.7 Å². The Morgan fingerprint density at radius 1 is 1.42 bits per heavy atom. The molecule has 0 saturated carbocycles. The minimum absolute atomic E-state index is 0.0252. The molecule has 1 rings (SSSR count). The maximum atomic E-state index is 13.4. The second kappa shape index (κ2) is 6.63. The van der Waals surface area contributed by atoms with Crippen molar-refractivity contribution in [2.75, 3.05) is 6.54 Å². The van der Waals surface area contributed by atoms with Gasteiger partial charge in [0, 0.05) is 13.0 Å². The van der Waals surface area contributed by atoms with E-state index in [1.54, 1.807) is 6.92 Å². The van der Waals surface area contributed by atoms with Crippen LogP contribution in [0.2, 0.25) is 0 Å². The lowest BCUT2D eigenvalue weighted by atomic mass is 10.1. The first-order valence-corrected chi connectivity index (χ1v) is 7.27. The summed E-state index contributed by atoms with van der Waals surface area (Å²) in [5.41, 5.74) is 0. The number of carboxylic acid groups (broad SMARTS) is 1. The number of carboxylic acids is 1. The number of hydrogen-bond donors (Lipinski definition) is 2. The van der Waals surface area contributed by atoms with Crippen LogP contribution >= 0.6 is 0 Å². The Labute approximate surface area is 111 Å². The molecule has 0 radical (unpaired) electrons. The number of halogens is 1. The van der Waals surface area contributed by atoms with E-state index in [1.165, 1.54) is 18.2 Å². The molecule has 7 heteroatoms. The Bertz CT molecular complexity index is 544. The Kier molecular flexibility index (Phi) is 5.44. The summed E-state index contributed by atoms with van der Waals surface area (Å²) in [6.07, 6.45) is 0.331. The highest BCUT2D eigenvalue weighted by Crippen LogP contribution is 2.14. The summed E-state index contributed by atoms with van der Waals surface area (Å²) >= 11 is 0. The van der Waals surface area contributed by atoms with Crippen LogP contribution in [0.5, 0.6) is 0 Å². The SMILES string of the molecule is CC(CCC(=O)O)CNS(=O)(=O)c1ccccc1F. The molecule has 19 heavy (non-hydrogen) atoms. The number of sulfonamides is 1. The van der Waals surface area contributed by atoms with E-state index in [1.807, 2.05) is 0 Å². The smallest absolute Gasteiger partial charge is 0.303 e. The van der Waals surface area contributed by atoms with Gasteiger partial charge in [-0.05, 0) is 24.5 Å². The predicted octanol–water partition coefficient (Wildman–Crippen LogP) is 1.60. The molecule has 1 atom stereocenters. The fraction of sp³-hybridized carbons (Fsp3) is 0.417. The Morgan fingerprint density at radius 2 is 2.05 bits per heavy atom. The zero-order valence-electron chi connectivity index (χ0n) is 10.5. The van der Waals surface area contributed by atoms with Gasteiger partial charge in [0.2, 0.25) is 10.0 Å². The van der Waals surface area contributed by atoms with Crippen molar-refractivity contribution in [3.8, 4) is 0 Å². The summed E-state index contributed by atoms with van der Waals surface area (Å²) in [4.78, 5) is 9.98. The first-order chi connectivity index (χ1) is 8.83. The molecule has 0 saturated heterocycles. The first kappa shape index (κ1) is 15.6. The normalized spacial score (nSPS) is 13.2. The van der Waals surface area contributed by atoms with Crippen molar-refractivity contribution in [2.24, 2.45) is 5.92 Å². The van der Waals surface area contributed by atoms with E-state index in [2.05, 4.69) is 4.72 Å². The molecule has 0 spiro atoms. The van der Waals surface area contributed by atoms with E-state index < -0.39 is 26.7 Å². The summed E-state index contributed by atoms with van der Waals surface area (Å²) < 4.78 is 39.3. The number of hydrogen-bond acceptors (Lipinski definition) is 3. The van der Waals surface area contributed by atoms with Crippen molar-refractivity contribution in [3.63, 3.8) is 0 Å². The second-order valence-electron chi connectivity index (χ2n) is 4.32. The molecular formula is C12H16FNO4S. The minimum atomic E-state index is -3.90. The van der Waals surface area contributed by atoms with Crippen molar-refractivity contribution < 1.29 is 22.7 Å². The van der Waals surface area contributed by atoms with Crippen molar-refractivity contribution in [1.29, 1.82) is 0 Å². The van der Waals surface area contributed by atoms with E-state index >= 15 is 0 Å². The summed E-state index contributed by atoms with van der Waals surface area (Å²) in [7, 11) is -3.90. The van der Waals surface area contributed by atoms with Crippen molar-refractivity contribution in [2.45, 2.75) is 24.7 Å². The fourth-order valence-electron chi connectivity index (χ4n) is 1.46. The lowest BCUT2D eigenvalue weighted by Gasteiger charge is -2.12. The molecule has 0 fully saturated rings. The van der Waals surface area contributed by atoms with Gasteiger partial charge in [-0.2, -0.15) is 0 Å². The number of nitrogens with one attached hydrogen (secondary N) is 1. The maximum absolute atomic E-state index is 13.4. The number of benzene rings is 1. The zero-order valence-corrected chi connectivity index (χ0v) is 11.3. The third-order valence-corrected chi connectivity index (χ3v) is 4.06. The van der Waals surface area contributed by atoms with Crippen LogP contribution in [0.3, 0.4) is 0 Å². The van der Waals surface area contributed by atoms with Gasteiger partial charge in [-0.3, -0.25) is 4.79 Å². The second-order valence-corrected chi connectivity index (χ2v) is 6.06. The average molecular weight is 289 g/mol. The number of rotatable bonds is 7. The Morgan fingerprint density at radius 3 is 2.63 bits per heavy atom. The van der Waals surface area contributed by atoms with Crippen molar-refractivity contribution in [1.82, 2.24) is 4.72 Å². The molecular weight excluding hydrogens is 273 g/mol. The molecule has 0 aliphatic carbocycles. The molecule has 2 N–H and O–H groups in total. The van der Waals surface area contributed by atoms with E-state index in [4.69, 9.17) is 5.11 Å². The number of aliphatic carboxylic acids is 1. The van der Waals surface area contributed by atoms with Gasteiger partial charge in [0.15, 0.2) is 0 Å². The molecule has 106 valence electrons. The van der Waals surface area contributed by atoms with Crippen LogP contribution in [0.4, 0.5) is 4.39 Å². The third-order valence-electron chi connectivity index (χ3n) is 2.60. The quantitative estimate of drug-likeness (QED) is 0.798. The first-order valence-electron chi connectivity index (χ1n) is 5.79. The van der Waals surface area contributed by atoms with Gasteiger partial charge < -0.3 is 5.11 Å². The topological polar surface area (TPSA) is 83.5 Å². The third kappa shape index (κ3) is 4.96. The van der Waals surface area contributed by atoms with Gasteiger partial charge in [0.25, 0.3) is 0 Å². The van der Waals surface area contributed by atoms with Crippen LogP contribution in [-0.4, -0.2) is 26.0 Å². The highest BCUT2D eigenvalue weighted by molar-refractivity contribution is 7.89. The maximum Gasteiger partial charge on any atom is 0.303 e. The highest BCUT2D eigenvalue weighted by atomic mass is 32.2. The summed E-state index contributed by atoms with van der Waals surface area (Å²) in [5, 5.41) is 8.52. The standard InChI is InChI=1S/C12H16FNO4S/c1-9(6-7-12(15)16)8-14-19(17,18)11-5-3-2-4-10(11)13/h2-5,9,14H,6-8H2,1H3,(H,15,16). The van der Waals surface area contributed by atoms with Gasteiger partial charge >= 0.3 is 5.97 Å². The summed E-state index contributed by atoms with van der Waals surface area (Å²) in [5.74, 6) is -1.88. The lowest BCUT2D eigenvalue weighted by molar-refractivity contribution is -0.137. The molecule has 0 aromatic heterocycles. The molecule has 1 aromatic rings. The minimum Gasteiger partial charge on any atom is -0.481 e. The molecule has 0 aliphatic heterocycles. The van der Waals surface area contributed by atoms with Gasteiger partial charge in [-0.25, -0.2) is 17.5 Å². The van der Waals surface area contributed by atoms with E-state index in [-0.39, 0.29) is 18.9 Å². The van der Waals surface area contributed by atoms with Crippen LogP contribution in [0.25, 0.3) is 0 Å². The summed E-state index contributed by atoms with van der Waals surface area (Å²) in [6, 6.07) is 5.09. The van der Waals surface area contributed by atoms with E-state index in [0.717, 1.165) is 6.07 Å². The zero-order chi connectivity index (χ0) is 14.5. The lowest BCUT2D eigenvalue weighted by Crippen LogP contribution is -2.29. The molecule has 1 unspecified atom stereocenters. The average Bonchev–Trinajstić information content (AvgIpc) is 2.34. The van der Waals surface area contributed by atoms with Crippen molar-refractivity contribution in [3.05, 3.63) is 30.1 Å². The Balaban J connectivity index is 2.61. The van der Waals surface area contributed by atoms with Gasteiger partial charge in [-0.15, -0.1) is 0 Å². The molecule has 0 bridgehead atoms. The van der Waals surface area contributed by atoms with Crippen LogP contribution in [0.1, 0.15) is 19.8 Å². The number of carbonyl (C=O) groups is 1. The molecule has 0 amide bonds. The fourth-order valence-corrected chi connectivity index (χ4v) is 2.71. The monoisotopic (exact) mass is 289 g/mol. The highest BCUT2D eigenvalue weighted by Gasteiger charge is 2.19. The van der Waals surface area contributed by atoms with E-state index in [9.17, 15) is 17.6 Å². The van der Waals surface area contributed by atoms with Gasteiger partial charge in [0.05, 0.1) is 0 Å². The largest absolute Gasteiger partial charge is 0.481 e. The van der Waals surface area contributed by atoms with Gasteiger partial charge in [-0.1, -0.05) is 19.1 Å². The molecule has 5 nitrogen and oxygen atoms in total. The van der Waals surface area contributed by atoms with E-state index in [0.29, 0.717) is 6.42 Å². The molecule has 0 aliphatic rings. The summed E-state index contributed by atoms with van der Waals surface area (Å²) in [6.45, 7) is 1.80. The van der Waals surface area contributed by atoms with Crippen LogP contribution in [0, 0.1) is 11.7 Å². The molecule has 0 heterocycles. The van der Waals surface area contributed by atoms with Crippen LogP contribution in [0.15, 0.2) is 29.2 Å². The predicted molar refractivity (Wildman–Crippen MR) is 67.6 cm³/mol. The molecule has 1 aromatic carbocycles.